The molecule has 96 valence electrons. The lowest BCUT2D eigenvalue weighted by Crippen LogP contribution is -2.30. The second-order valence-electron chi connectivity index (χ2n) is 5.50. The molecule has 1 atom stereocenters. The van der Waals surface area contributed by atoms with E-state index >= 15 is 0 Å². The summed E-state index contributed by atoms with van der Waals surface area (Å²) in [5.74, 6) is 0. The molecule has 0 radical (unpaired) electrons. The SMILES string of the molecule is CCC(C)(C)CNCCC(N)c1ccccc1. The van der Waals surface area contributed by atoms with Crippen LogP contribution in [-0.4, -0.2) is 13.1 Å². The van der Waals surface area contributed by atoms with Crippen molar-refractivity contribution < 1.29 is 0 Å². The van der Waals surface area contributed by atoms with Crippen molar-refractivity contribution in [3.8, 4) is 0 Å². The summed E-state index contributed by atoms with van der Waals surface area (Å²) in [6, 6.07) is 10.5. The summed E-state index contributed by atoms with van der Waals surface area (Å²) in [6.45, 7) is 8.86. The Morgan fingerprint density at radius 3 is 2.47 bits per heavy atom. The largest absolute Gasteiger partial charge is 0.324 e. The first-order valence-corrected chi connectivity index (χ1v) is 6.56. The molecule has 0 saturated carbocycles. The van der Waals surface area contributed by atoms with E-state index in [1.165, 1.54) is 12.0 Å². The molecule has 2 heteroatoms. The van der Waals surface area contributed by atoms with Crippen LogP contribution in [0.3, 0.4) is 0 Å². The van der Waals surface area contributed by atoms with E-state index in [1.807, 2.05) is 18.2 Å². The molecule has 0 aliphatic rings. The number of nitrogens with one attached hydrogen (secondary N) is 1. The number of nitrogens with two attached hydrogens (primary N) is 1. The molecule has 3 N–H and O–H groups in total. The minimum atomic E-state index is 0.147. The van der Waals surface area contributed by atoms with Crippen LogP contribution in [0.5, 0.6) is 0 Å². The van der Waals surface area contributed by atoms with Crippen LogP contribution in [0.1, 0.15) is 45.2 Å². The first-order valence-electron chi connectivity index (χ1n) is 6.56. The lowest BCUT2D eigenvalue weighted by atomic mass is 9.90. The van der Waals surface area contributed by atoms with Gasteiger partial charge in [-0.25, -0.2) is 0 Å². The van der Waals surface area contributed by atoms with Crippen LogP contribution in [0.25, 0.3) is 0 Å². The summed E-state index contributed by atoms with van der Waals surface area (Å²) in [7, 11) is 0. The van der Waals surface area contributed by atoms with Gasteiger partial charge in [0.2, 0.25) is 0 Å². The summed E-state index contributed by atoms with van der Waals surface area (Å²) in [5, 5.41) is 3.50. The molecular weight excluding hydrogens is 208 g/mol. The van der Waals surface area contributed by atoms with Crippen molar-refractivity contribution >= 4 is 0 Å². The van der Waals surface area contributed by atoms with Crippen LogP contribution < -0.4 is 11.1 Å². The summed E-state index contributed by atoms with van der Waals surface area (Å²) < 4.78 is 0. The average molecular weight is 234 g/mol. The molecule has 0 fully saturated rings. The van der Waals surface area contributed by atoms with Gasteiger partial charge in [-0.1, -0.05) is 51.1 Å². The van der Waals surface area contributed by atoms with Gasteiger partial charge in [0.15, 0.2) is 0 Å². The Labute approximate surface area is 106 Å². The van der Waals surface area contributed by atoms with Gasteiger partial charge in [-0.3, -0.25) is 0 Å². The second kappa shape index (κ2) is 6.77. The zero-order valence-corrected chi connectivity index (χ0v) is 11.4. The van der Waals surface area contributed by atoms with E-state index in [1.54, 1.807) is 0 Å². The molecule has 1 rings (SSSR count). The highest BCUT2D eigenvalue weighted by Crippen LogP contribution is 2.18. The molecule has 0 aliphatic heterocycles. The molecule has 1 unspecified atom stereocenters. The Hall–Kier alpha value is -0.860. The maximum absolute atomic E-state index is 6.14. The molecule has 0 spiro atoms. The predicted molar refractivity (Wildman–Crippen MR) is 74.9 cm³/mol. The van der Waals surface area contributed by atoms with E-state index in [2.05, 4.69) is 38.2 Å². The minimum Gasteiger partial charge on any atom is -0.324 e. The highest BCUT2D eigenvalue weighted by molar-refractivity contribution is 5.18. The quantitative estimate of drug-likeness (QED) is 0.711. The predicted octanol–water partition coefficient (Wildman–Crippen LogP) is 3.10. The van der Waals surface area contributed by atoms with Crippen molar-refractivity contribution in [2.24, 2.45) is 11.1 Å². The third-order valence-electron chi connectivity index (χ3n) is 3.42. The van der Waals surface area contributed by atoms with Gasteiger partial charge in [0.05, 0.1) is 0 Å². The third-order valence-corrected chi connectivity index (χ3v) is 3.42. The molecule has 0 aliphatic carbocycles. The molecular formula is C15H26N2. The summed E-state index contributed by atoms with van der Waals surface area (Å²) in [4.78, 5) is 0. The van der Waals surface area contributed by atoms with Crippen LogP contribution in [0.4, 0.5) is 0 Å². The van der Waals surface area contributed by atoms with Gasteiger partial charge in [-0.15, -0.1) is 0 Å². The molecule has 0 saturated heterocycles. The molecule has 0 heterocycles. The smallest absolute Gasteiger partial charge is 0.0306 e. The topological polar surface area (TPSA) is 38.0 Å². The average Bonchev–Trinajstić information content (AvgIpc) is 2.35. The van der Waals surface area contributed by atoms with Gasteiger partial charge in [-0.2, -0.15) is 0 Å². The third kappa shape index (κ3) is 5.33. The number of hydrogen-bond acceptors (Lipinski definition) is 2. The first-order chi connectivity index (χ1) is 8.05. The van der Waals surface area contributed by atoms with Gasteiger partial charge in [0.1, 0.15) is 0 Å². The fourth-order valence-electron chi connectivity index (χ4n) is 1.68. The Morgan fingerprint density at radius 1 is 1.24 bits per heavy atom. The van der Waals surface area contributed by atoms with E-state index in [0.29, 0.717) is 5.41 Å². The maximum Gasteiger partial charge on any atom is 0.0306 e. The van der Waals surface area contributed by atoms with E-state index in [4.69, 9.17) is 5.73 Å². The molecule has 0 aromatic heterocycles. The van der Waals surface area contributed by atoms with Crippen molar-refractivity contribution in [2.75, 3.05) is 13.1 Å². The molecule has 1 aromatic rings. The number of rotatable bonds is 7. The molecule has 17 heavy (non-hydrogen) atoms. The molecule has 0 bridgehead atoms. The van der Waals surface area contributed by atoms with Crippen molar-refractivity contribution in [3.63, 3.8) is 0 Å². The minimum absolute atomic E-state index is 0.147. The maximum atomic E-state index is 6.14. The van der Waals surface area contributed by atoms with Gasteiger partial charge >= 0.3 is 0 Å². The summed E-state index contributed by atoms with van der Waals surface area (Å²) in [6.07, 6.45) is 2.19. The van der Waals surface area contributed by atoms with Gasteiger partial charge in [-0.05, 0) is 30.4 Å². The lowest BCUT2D eigenvalue weighted by molar-refractivity contribution is 0.326. The van der Waals surface area contributed by atoms with E-state index in [9.17, 15) is 0 Å². The van der Waals surface area contributed by atoms with Crippen molar-refractivity contribution in [3.05, 3.63) is 35.9 Å². The standard InChI is InChI=1S/C15H26N2/c1-4-15(2,3)12-17-11-10-14(16)13-8-6-5-7-9-13/h5-9,14,17H,4,10-12,16H2,1-3H3. The normalized spacial score (nSPS) is 13.6. The second-order valence-corrected chi connectivity index (χ2v) is 5.50. The van der Waals surface area contributed by atoms with Crippen molar-refractivity contribution in [1.82, 2.24) is 5.32 Å². The van der Waals surface area contributed by atoms with Crippen LogP contribution >= 0.6 is 0 Å². The van der Waals surface area contributed by atoms with Crippen molar-refractivity contribution in [2.45, 2.75) is 39.7 Å². The first kappa shape index (κ1) is 14.2. The van der Waals surface area contributed by atoms with Crippen LogP contribution in [0, 0.1) is 5.41 Å². The van der Waals surface area contributed by atoms with Gasteiger partial charge < -0.3 is 11.1 Å². The van der Waals surface area contributed by atoms with E-state index in [-0.39, 0.29) is 6.04 Å². The Balaban J connectivity index is 2.24. The fourth-order valence-corrected chi connectivity index (χ4v) is 1.68. The monoisotopic (exact) mass is 234 g/mol. The fraction of sp³-hybridized carbons (Fsp3) is 0.600. The number of hydrogen-bond donors (Lipinski definition) is 2. The zero-order chi connectivity index (χ0) is 12.7. The van der Waals surface area contributed by atoms with E-state index < -0.39 is 0 Å². The Kier molecular flexibility index (Phi) is 5.66. The molecule has 0 amide bonds. The number of benzene rings is 1. The molecule has 2 nitrogen and oxygen atoms in total. The van der Waals surface area contributed by atoms with Crippen LogP contribution in [0.2, 0.25) is 0 Å². The van der Waals surface area contributed by atoms with Crippen LogP contribution in [0.15, 0.2) is 30.3 Å². The van der Waals surface area contributed by atoms with E-state index in [0.717, 1.165) is 19.5 Å². The van der Waals surface area contributed by atoms with Gasteiger partial charge in [0.25, 0.3) is 0 Å². The summed E-state index contributed by atoms with van der Waals surface area (Å²) >= 11 is 0. The summed E-state index contributed by atoms with van der Waals surface area (Å²) in [5.41, 5.74) is 7.75. The highest BCUT2D eigenvalue weighted by atomic mass is 14.9. The van der Waals surface area contributed by atoms with Crippen molar-refractivity contribution in [1.29, 1.82) is 0 Å². The highest BCUT2D eigenvalue weighted by Gasteiger charge is 2.14. The van der Waals surface area contributed by atoms with Gasteiger partial charge in [0, 0.05) is 12.6 Å². The lowest BCUT2D eigenvalue weighted by Gasteiger charge is -2.23. The van der Waals surface area contributed by atoms with Crippen LogP contribution in [-0.2, 0) is 0 Å². The zero-order valence-electron chi connectivity index (χ0n) is 11.4. The Bertz CT molecular complexity index is 306. The molecule has 1 aromatic carbocycles. The Morgan fingerprint density at radius 2 is 1.88 bits per heavy atom.